The lowest BCUT2D eigenvalue weighted by Crippen LogP contribution is -2.26. The number of carbonyl (C=O) groups excluding carboxylic acids is 2. The van der Waals surface area contributed by atoms with E-state index in [2.05, 4.69) is 13.8 Å². The minimum Gasteiger partial charge on any atom is -0.465 e. The molecular formula is C20H32O4. The van der Waals surface area contributed by atoms with E-state index in [1.54, 1.807) is 6.08 Å². The normalized spacial score (nSPS) is 20.2. The molecule has 4 nitrogen and oxygen atoms in total. The molecule has 0 saturated heterocycles. The van der Waals surface area contributed by atoms with Gasteiger partial charge in [-0.05, 0) is 25.2 Å². The quantitative estimate of drug-likeness (QED) is 0.432. The Kier molecular flexibility index (Phi) is 10.1. The zero-order chi connectivity index (χ0) is 17.8. The van der Waals surface area contributed by atoms with Gasteiger partial charge in [0.15, 0.2) is 0 Å². The maximum atomic E-state index is 12.5. The summed E-state index contributed by atoms with van der Waals surface area (Å²) in [6, 6.07) is 0. The maximum absolute atomic E-state index is 12.5. The van der Waals surface area contributed by atoms with Crippen LogP contribution in [0.5, 0.6) is 0 Å². The highest BCUT2D eigenvalue weighted by Gasteiger charge is 2.31. The predicted molar refractivity (Wildman–Crippen MR) is 95.5 cm³/mol. The van der Waals surface area contributed by atoms with Gasteiger partial charge in [0.05, 0.1) is 24.7 Å². The Hall–Kier alpha value is -1.58. The van der Waals surface area contributed by atoms with Crippen molar-refractivity contribution in [3.63, 3.8) is 0 Å². The van der Waals surface area contributed by atoms with Gasteiger partial charge in [0.1, 0.15) is 0 Å². The summed E-state index contributed by atoms with van der Waals surface area (Å²) in [7, 11) is 0. The van der Waals surface area contributed by atoms with Crippen molar-refractivity contribution in [2.75, 3.05) is 13.2 Å². The zero-order valence-electron chi connectivity index (χ0n) is 15.4. The van der Waals surface area contributed by atoms with Gasteiger partial charge < -0.3 is 9.47 Å². The molecule has 0 radical (unpaired) electrons. The van der Waals surface area contributed by atoms with Gasteiger partial charge in [-0.3, -0.25) is 4.79 Å². The summed E-state index contributed by atoms with van der Waals surface area (Å²) in [5, 5.41) is 0. The number of rotatable bonds is 10. The van der Waals surface area contributed by atoms with E-state index in [0.717, 1.165) is 38.5 Å². The summed E-state index contributed by atoms with van der Waals surface area (Å²) in [5.74, 6) is -1.01. The lowest BCUT2D eigenvalue weighted by Gasteiger charge is -2.19. The van der Waals surface area contributed by atoms with Gasteiger partial charge in [-0.15, -0.1) is 0 Å². The van der Waals surface area contributed by atoms with Crippen LogP contribution >= 0.6 is 0 Å². The Labute approximate surface area is 146 Å². The molecule has 0 aromatic rings. The smallest absolute Gasteiger partial charge is 0.334 e. The molecule has 0 aliphatic heterocycles. The first-order chi connectivity index (χ1) is 11.6. The number of hydrogen-bond acceptors (Lipinski definition) is 4. The van der Waals surface area contributed by atoms with Crippen LogP contribution in [0.2, 0.25) is 0 Å². The largest absolute Gasteiger partial charge is 0.465 e. The Bertz CT molecular complexity index is 451. The summed E-state index contributed by atoms with van der Waals surface area (Å²) < 4.78 is 10.7. The van der Waals surface area contributed by atoms with Crippen LogP contribution in [0, 0.1) is 11.8 Å². The fourth-order valence-corrected chi connectivity index (χ4v) is 2.70. The molecule has 2 atom stereocenters. The van der Waals surface area contributed by atoms with Crippen molar-refractivity contribution in [1.29, 1.82) is 0 Å². The molecule has 0 bridgehead atoms. The van der Waals surface area contributed by atoms with Gasteiger partial charge in [0, 0.05) is 0 Å². The standard InChI is InChI=1S/C20H32O4/c1-4-6-8-13-23-19(21)17-12-10-11-16(3)15-18(17)20(22)24-14-9-7-5-2/h10-12,16,18H,4-9,13-15H2,1-3H3. The van der Waals surface area contributed by atoms with E-state index in [1.807, 2.05) is 19.1 Å². The first-order valence-corrected chi connectivity index (χ1v) is 9.32. The van der Waals surface area contributed by atoms with Crippen molar-refractivity contribution in [3.05, 3.63) is 23.8 Å². The molecule has 0 aromatic carbocycles. The Morgan fingerprint density at radius 3 is 2.29 bits per heavy atom. The minimum atomic E-state index is -0.532. The lowest BCUT2D eigenvalue weighted by atomic mass is 9.91. The molecule has 1 aliphatic rings. The van der Waals surface area contributed by atoms with Crippen LogP contribution in [-0.4, -0.2) is 25.2 Å². The zero-order valence-corrected chi connectivity index (χ0v) is 15.4. The summed E-state index contributed by atoms with van der Waals surface area (Å²) in [4.78, 5) is 24.8. The molecule has 0 heterocycles. The van der Waals surface area contributed by atoms with Gasteiger partial charge in [-0.1, -0.05) is 64.7 Å². The Morgan fingerprint density at radius 1 is 1.04 bits per heavy atom. The number of carbonyl (C=O) groups is 2. The Balaban J connectivity index is 2.65. The van der Waals surface area contributed by atoms with Crippen LogP contribution in [0.25, 0.3) is 0 Å². The van der Waals surface area contributed by atoms with Crippen LogP contribution in [0.1, 0.15) is 65.7 Å². The second kappa shape index (κ2) is 11.9. The van der Waals surface area contributed by atoms with Gasteiger partial charge >= 0.3 is 11.9 Å². The monoisotopic (exact) mass is 336 g/mol. The van der Waals surface area contributed by atoms with Crippen molar-refractivity contribution in [3.8, 4) is 0 Å². The molecule has 136 valence electrons. The van der Waals surface area contributed by atoms with E-state index < -0.39 is 5.92 Å². The van der Waals surface area contributed by atoms with Crippen LogP contribution in [0.3, 0.4) is 0 Å². The third-order valence-electron chi connectivity index (χ3n) is 4.19. The van der Waals surface area contributed by atoms with E-state index in [9.17, 15) is 9.59 Å². The van der Waals surface area contributed by atoms with Crippen molar-refractivity contribution < 1.29 is 19.1 Å². The second-order valence-corrected chi connectivity index (χ2v) is 6.49. The average Bonchev–Trinajstić information content (AvgIpc) is 2.77. The van der Waals surface area contributed by atoms with Gasteiger partial charge in [-0.25, -0.2) is 4.79 Å². The van der Waals surface area contributed by atoms with Crippen LogP contribution < -0.4 is 0 Å². The van der Waals surface area contributed by atoms with Crippen LogP contribution in [0.15, 0.2) is 23.8 Å². The summed E-state index contributed by atoms with van der Waals surface area (Å²) >= 11 is 0. The first-order valence-electron chi connectivity index (χ1n) is 9.32. The predicted octanol–water partition coefficient (Wildman–Crippen LogP) is 4.59. The molecule has 0 spiro atoms. The van der Waals surface area contributed by atoms with E-state index in [-0.39, 0.29) is 17.9 Å². The highest BCUT2D eigenvalue weighted by Crippen LogP contribution is 2.27. The summed E-state index contributed by atoms with van der Waals surface area (Å²) in [6.45, 7) is 7.07. The lowest BCUT2D eigenvalue weighted by molar-refractivity contribution is -0.151. The molecule has 0 aromatic heterocycles. The number of hydrogen-bond donors (Lipinski definition) is 0. The molecule has 1 rings (SSSR count). The third kappa shape index (κ3) is 7.33. The number of unbranched alkanes of at least 4 members (excludes halogenated alkanes) is 4. The van der Waals surface area contributed by atoms with Gasteiger partial charge in [0.25, 0.3) is 0 Å². The van der Waals surface area contributed by atoms with E-state index in [1.165, 1.54) is 0 Å². The molecule has 1 aliphatic carbocycles. The topological polar surface area (TPSA) is 52.6 Å². The highest BCUT2D eigenvalue weighted by molar-refractivity contribution is 5.96. The second-order valence-electron chi connectivity index (χ2n) is 6.49. The van der Waals surface area contributed by atoms with Gasteiger partial charge in [-0.2, -0.15) is 0 Å². The van der Waals surface area contributed by atoms with Crippen LogP contribution in [-0.2, 0) is 19.1 Å². The highest BCUT2D eigenvalue weighted by atomic mass is 16.5. The molecule has 0 N–H and O–H groups in total. The minimum absolute atomic E-state index is 0.222. The van der Waals surface area contributed by atoms with Crippen molar-refractivity contribution in [2.45, 2.75) is 65.7 Å². The third-order valence-corrected chi connectivity index (χ3v) is 4.19. The van der Waals surface area contributed by atoms with Crippen molar-refractivity contribution >= 4 is 11.9 Å². The van der Waals surface area contributed by atoms with Crippen molar-refractivity contribution in [2.24, 2.45) is 11.8 Å². The van der Waals surface area contributed by atoms with E-state index in [4.69, 9.17) is 9.47 Å². The van der Waals surface area contributed by atoms with Crippen LogP contribution in [0.4, 0.5) is 0 Å². The molecule has 4 heteroatoms. The Morgan fingerprint density at radius 2 is 1.67 bits per heavy atom. The maximum Gasteiger partial charge on any atom is 0.334 e. The molecule has 24 heavy (non-hydrogen) atoms. The molecule has 0 amide bonds. The SMILES string of the molecule is CCCCCOC(=O)C1=CC=CC(C)CC1C(=O)OCCCCC. The first kappa shape index (κ1) is 20.5. The molecule has 0 fully saturated rings. The van der Waals surface area contributed by atoms with E-state index >= 15 is 0 Å². The molecule has 2 unspecified atom stereocenters. The average molecular weight is 336 g/mol. The number of esters is 2. The fourth-order valence-electron chi connectivity index (χ4n) is 2.70. The fraction of sp³-hybridized carbons (Fsp3) is 0.700. The molecule has 0 saturated carbocycles. The van der Waals surface area contributed by atoms with E-state index in [0.29, 0.717) is 25.2 Å². The summed E-state index contributed by atoms with van der Waals surface area (Å²) in [6.07, 6.45) is 12.1. The summed E-state index contributed by atoms with van der Waals surface area (Å²) in [5.41, 5.74) is 0.424. The van der Waals surface area contributed by atoms with Crippen molar-refractivity contribution in [1.82, 2.24) is 0 Å². The number of ether oxygens (including phenoxy) is 2. The molecular weight excluding hydrogens is 304 g/mol. The van der Waals surface area contributed by atoms with Gasteiger partial charge in [0.2, 0.25) is 0 Å². The number of allylic oxidation sites excluding steroid dienone is 3.